The molecule has 3 aromatic rings. The first kappa shape index (κ1) is 22.2. The van der Waals surface area contributed by atoms with Crippen molar-refractivity contribution in [2.75, 3.05) is 26.8 Å². The van der Waals surface area contributed by atoms with Gasteiger partial charge in [-0.3, -0.25) is 4.98 Å². The van der Waals surface area contributed by atoms with E-state index >= 15 is 0 Å². The van der Waals surface area contributed by atoms with E-state index < -0.39 is 0 Å². The molecule has 1 aromatic heterocycles. The smallest absolute Gasteiger partial charge is 0.410 e. The maximum Gasteiger partial charge on any atom is 0.410 e. The zero-order valence-corrected chi connectivity index (χ0v) is 19.2. The van der Waals surface area contributed by atoms with Crippen LogP contribution in [0.3, 0.4) is 0 Å². The van der Waals surface area contributed by atoms with E-state index in [-0.39, 0.29) is 24.9 Å². The van der Waals surface area contributed by atoms with Gasteiger partial charge in [0.25, 0.3) is 0 Å². The lowest BCUT2D eigenvalue weighted by Gasteiger charge is -2.32. The summed E-state index contributed by atoms with van der Waals surface area (Å²) < 4.78 is 23.4. The summed E-state index contributed by atoms with van der Waals surface area (Å²) in [5, 5.41) is 0. The van der Waals surface area contributed by atoms with Gasteiger partial charge in [-0.2, -0.15) is 0 Å². The van der Waals surface area contributed by atoms with Crippen molar-refractivity contribution in [3.8, 4) is 11.5 Å². The Balaban J connectivity index is 1.24. The van der Waals surface area contributed by atoms with Gasteiger partial charge in [0.15, 0.2) is 11.5 Å². The number of pyridine rings is 1. The van der Waals surface area contributed by atoms with E-state index in [1.54, 1.807) is 24.4 Å². The van der Waals surface area contributed by atoms with Gasteiger partial charge in [-0.15, -0.1) is 0 Å². The fraction of sp³-hybridized carbons (Fsp3) is 0.333. The Bertz CT molecular complexity index is 1110. The van der Waals surface area contributed by atoms with Crippen molar-refractivity contribution in [1.82, 2.24) is 9.88 Å². The number of benzene rings is 2. The second kappa shape index (κ2) is 10.1. The van der Waals surface area contributed by atoms with Gasteiger partial charge in [0.05, 0.1) is 20.3 Å². The van der Waals surface area contributed by atoms with Crippen LogP contribution in [0.15, 0.2) is 67.0 Å². The third kappa shape index (κ3) is 4.99. The van der Waals surface area contributed by atoms with E-state index in [9.17, 15) is 4.79 Å². The molecule has 0 spiro atoms. The van der Waals surface area contributed by atoms with Crippen LogP contribution in [-0.2, 0) is 28.9 Å². The highest BCUT2D eigenvalue weighted by atomic mass is 16.6. The molecule has 5 rings (SSSR count). The molecule has 2 aromatic carbocycles. The third-order valence-electron chi connectivity index (χ3n) is 6.28. The molecule has 1 fully saturated rings. The van der Waals surface area contributed by atoms with Crippen LogP contribution in [-0.4, -0.2) is 48.9 Å². The Morgan fingerprint density at radius 1 is 1.09 bits per heavy atom. The number of rotatable bonds is 6. The fourth-order valence-electron chi connectivity index (χ4n) is 4.50. The van der Waals surface area contributed by atoms with Gasteiger partial charge in [0, 0.05) is 37.3 Å². The van der Waals surface area contributed by atoms with Crippen LogP contribution in [0.2, 0.25) is 0 Å². The number of ether oxygens (including phenoxy) is 4. The van der Waals surface area contributed by atoms with Crippen LogP contribution in [0.5, 0.6) is 11.5 Å². The van der Waals surface area contributed by atoms with E-state index in [1.165, 1.54) is 11.1 Å². The minimum atomic E-state index is -0.356. The van der Waals surface area contributed by atoms with Crippen LogP contribution in [0.25, 0.3) is 0 Å². The summed E-state index contributed by atoms with van der Waals surface area (Å²) in [6, 6.07) is 18.0. The van der Waals surface area contributed by atoms with Crippen molar-refractivity contribution in [2.45, 2.75) is 31.7 Å². The normalized spacial score (nSPS) is 17.8. The average Bonchev–Trinajstić information content (AvgIpc) is 3.30. The van der Waals surface area contributed by atoms with Crippen molar-refractivity contribution in [1.29, 1.82) is 0 Å². The van der Waals surface area contributed by atoms with Crippen molar-refractivity contribution in [3.05, 3.63) is 89.2 Å². The number of amides is 1. The highest BCUT2D eigenvalue weighted by molar-refractivity contribution is 5.67. The number of methoxy groups -OCH3 is 1. The molecule has 2 heterocycles. The topological polar surface area (TPSA) is 70.1 Å². The minimum Gasteiger partial charge on any atom is -0.493 e. The predicted octanol–water partition coefficient (Wildman–Crippen LogP) is 4.35. The van der Waals surface area contributed by atoms with Gasteiger partial charge in [-0.05, 0) is 34.9 Å². The van der Waals surface area contributed by atoms with E-state index in [0.717, 1.165) is 24.0 Å². The standard InChI is InChI=1S/C27H28N2O5/c1-31-24-9-8-22(15-25(24)34-23-13-20-6-2-3-7-21(20)14-23)26-17-29(11-12-32-26)27(30)33-18-19-5-4-10-28-16-19/h2-10,15-16,23,26H,11-14,17-18H2,1H3. The Hall–Kier alpha value is -3.58. The van der Waals surface area contributed by atoms with Crippen LogP contribution >= 0.6 is 0 Å². The first-order valence-corrected chi connectivity index (χ1v) is 11.5. The molecule has 1 saturated heterocycles. The molecule has 7 nitrogen and oxygen atoms in total. The number of hydrogen-bond acceptors (Lipinski definition) is 6. The molecule has 176 valence electrons. The number of nitrogens with zero attached hydrogens (tertiary/aromatic N) is 2. The zero-order valence-electron chi connectivity index (χ0n) is 19.2. The molecule has 1 amide bonds. The number of carbonyl (C=O) groups is 1. The second-order valence-electron chi connectivity index (χ2n) is 8.55. The lowest BCUT2D eigenvalue weighted by Crippen LogP contribution is -2.42. The molecule has 34 heavy (non-hydrogen) atoms. The average molecular weight is 461 g/mol. The summed E-state index contributed by atoms with van der Waals surface area (Å²) in [5.41, 5.74) is 4.46. The highest BCUT2D eigenvalue weighted by Gasteiger charge is 2.28. The molecular formula is C27H28N2O5. The summed E-state index contributed by atoms with van der Waals surface area (Å²) in [7, 11) is 1.64. The summed E-state index contributed by atoms with van der Waals surface area (Å²) in [6.45, 7) is 1.53. The lowest BCUT2D eigenvalue weighted by atomic mass is 10.1. The molecule has 7 heteroatoms. The largest absolute Gasteiger partial charge is 0.493 e. The van der Waals surface area contributed by atoms with Crippen LogP contribution in [0.1, 0.15) is 28.4 Å². The maximum atomic E-state index is 12.6. The quantitative estimate of drug-likeness (QED) is 0.545. The Labute approximate surface area is 199 Å². The fourth-order valence-corrected chi connectivity index (χ4v) is 4.50. The lowest BCUT2D eigenvalue weighted by molar-refractivity contribution is -0.0297. The van der Waals surface area contributed by atoms with E-state index in [4.69, 9.17) is 18.9 Å². The molecule has 1 unspecified atom stereocenters. The monoisotopic (exact) mass is 460 g/mol. The Morgan fingerprint density at radius 3 is 2.65 bits per heavy atom. The highest BCUT2D eigenvalue weighted by Crippen LogP contribution is 2.35. The summed E-state index contributed by atoms with van der Waals surface area (Å²) in [5.74, 6) is 1.38. The minimum absolute atomic E-state index is 0.0628. The predicted molar refractivity (Wildman–Crippen MR) is 126 cm³/mol. The van der Waals surface area contributed by atoms with Gasteiger partial charge in [-0.1, -0.05) is 36.4 Å². The van der Waals surface area contributed by atoms with Crippen molar-refractivity contribution >= 4 is 6.09 Å². The number of morpholine rings is 1. The molecule has 0 N–H and O–H groups in total. The van der Waals surface area contributed by atoms with Crippen molar-refractivity contribution in [3.63, 3.8) is 0 Å². The van der Waals surface area contributed by atoms with Crippen LogP contribution in [0.4, 0.5) is 4.79 Å². The summed E-state index contributed by atoms with van der Waals surface area (Å²) in [6.07, 6.45) is 4.57. The molecular weight excluding hydrogens is 432 g/mol. The van der Waals surface area contributed by atoms with Gasteiger partial charge in [-0.25, -0.2) is 4.79 Å². The second-order valence-corrected chi connectivity index (χ2v) is 8.55. The van der Waals surface area contributed by atoms with Crippen LogP contribution in [0, 0.1) is 0 Å². The summed E-state index contributed by atoms with van der Waals surface area (Å²) in [4.78, 5) is 18.4. The van der Waals surface area contributed by atoms with E-state index in [0.29, 0.717) is 31.2 Å². The van der Waals surface area contributed by atoms with Gasteiger partial charge >= 0.3 is 6.09 Å². The molecule has 0 bridgehead atoms. The molecule has 1 aliphatic carbocycles. The Morgan fingerprint density at radius 2 is 1.91 bits per heavy atom. The van der Waals surface area contributed by atoms with Gasteiger partial charge in [0.1, 0.15) is 18.8 Å². The first-order valence-electron chi connectivity index (χ1n) is 11.5. The maximum absolute atomic E-state index is 12.6. The molecule has 1 aliphatic heterocycles. The van der Waals surface area contributed by atoms with Crippen molar-refractivity contribution < 1.29 is 23.7 Å². The van der Waals surface area contributed by atoms with E-state index in [2.05, 4.69) is 29.2 Å². The number of hydrogen-bond donors (Lipinski definition) is 0. The SMILES string of the molecule is COc1ccc(C2CN(C(=O)OCc3cccnc3)CCO2)cc1OC1Cc2ccccc2C1. The van der Waals surface area contributed by atoms with Gasteiger partial charge in [0.2, 0.25) is 0 Å². The summed E-state index contributed by atoms with van der Waals surface area (Å²) >= 11 is 0. The molecule has 0 radical (unpaired) electrons. The van der Waals surface area contributed by atoms with Crippen LogP contribution < -0.4 is 9.47 Å². The number of fused-ring (bicyclic) bond motifs is 1. The van der Waals surface area contributed by atoms with Gasteiger partial charge < -0.3 is 23.8 Å². The van der Waals surface area contributed by atoms with Crippen molar-refractivity contribution in [2.24, 2.45) is 0 Å². The first-order chi connectivity index (χ1) is 16.7. The number of carbonyl (C=O) groups excluding carboxylic acids is 1. The third-order valence-corrected chi connectivity index (χ3v) is 6.28. The molecule has 1 atom stereocenters. The molecule has 0 saturated carbocycles. The zero-order chi connectivity index (χ0) is 23.3. The number of aromatic nitrogens is 1. The van der Waals surface area contributed by atoms with E-state index in [1.807, 2.05) is 30.3 Å². The molecule has 2 aliphatic rings. The Kier molecular flexibility index (Phi) is 6.62.